The average Bonchev–Trinajstić information content (AvgIpc) is 2.27. The molecule has 86 valence electrons. The third-order valence-corrected chi connectivity index (χ3v) is 2.16. The molecule has 7 nitrogen and oxygen atoms in total. The fourth-order valence-electron chi connectivity index (χ4n) is 0.986. The fraction of sp³-hybridized carbons (Fsp3) is 0.333. The van der Waals surface area contributed by atoms with Gasteiger partial charge in [0.25, 0.3) is 11.5 Å². The molecule has 0 saturated carbocycles. The quantitative estimate of drug-likeness (QED) is 0.709. The van der Waals surface area contributed by atoms with Gasteiger partial charge >= 0.3 is 5.97 Å². The molecule has 16 heavy (non-hydrogen) atoms. The van der Waals surface area contributed by atoms with Crippen molar-refractivity contribution in [2.75, 3.05) is 7.05 Å². The van der Waals surface area contributed by atoms with E-state index in [1.54, 1.807) is 0 Å². The molecular weight excluding hydrogens is 214 g/mol. The van der Waals surface area contributed by atoms with Crippen molar-refractivity contribution in [3.63, 3.8) is 0 Å². The lowest BCUT2D eigenvalue weighted by Gasteiger charge is -2.20. The maximum atomic E-state index is 11.7. The molecule has 0 aliphatic heterocycles. The first-order valence-electron chi connectivity index (χ1n) is 4.49. The van der Waals surface area contributed by atoms with Gasteiger partial charge in [0.2, 0.25) is 0 Å². The highest BCUT2D eigenvalue weighted by atomic mass is 16.4. The second-order valence-corrected chi connectivity index (χ2v) is 3.24. The molecule has 1 aromatic heterocycles. The minimum absolute atomic E-state index is 0.00444. The molecule has 0 fully saturated rings. The van der Waals surface area contributed by atoms with Crippen LogP contribution >= 0.6 is 0 Å². The Hall–Kier alpha value is -2.18. The second kappa shape index (κ2) is 4.56. The highest BCUT2D eigenvalue weighted by Crippen LogP contribution is 2.02. The summed E-state index contributed by atoms with van der Waals surface area (Å²) < 4.78 is 0. The summed E-state index contributed by atoms with van der Waals surface area (Å²) in [5.74, 6) is -1.67. The number of aliphatic carboxylic acids is 1. The minimum atomic E-state index is -1.11. The third kappa shape index (κ3) is 2.44. The van der Waals surface area contributed by atoms with E-state index in [1.807, 2.05) is 0 Å². The number of carboxylic acids is 1. The summed E-state index contributed by atoms with van der Waals surface area (Å²) in [6.07, 6.45) is 0. The molecule has 7 heteroatoms. The van der Waals surface area contributed by atoms with Crippen LogP contribution in [0.1, 0.15) is 17.4 Å². The van der Waals surface area contributed by atoms with Gasteiger partial charge in [0, 0.05) is 13.1 Å². The molecule has 1 aromatic rings. The van der Waals surface area contributed by atoms with Gasteiger partial charge < -0.3 is 10.0 Å². The topological polar surface area (TPSA) is 103 Å². The van der Waals surface area contributed by atoms with Gasteiger partial charge in [-0.25, -0.2) is 9.89 Å². The Labute approximate surface area is 90.7 Å². The molecule has 1 amide bonds. The van der Waals surface area contributed by atoms with Crippen molar-refractivity contribution in [1.29, 1.82) is 0 Å². The van der Waals surface area contributed by atoms with Crippen LogP contribution < -0.4 is 5.56 Å². The number of nitrogens with zero attached hydrogens (tertiary/aromatic N) is 2. The first-order chi connectivity index (χ1) is 7.43. The molecule has 1 unspecified atom stereocenters. The van der Waals surface area contributed by atoms with Crippen molar-refractivity contribution in [2.24, 2.45) is 0 Å². The van der Waals surface area contributed by atoms with Crippen LogP contribution in [0.3, 0.4) is 0 Å². The van der Waals surface area contributed by atoms with E-state index in [9.17, 15) is 14.4 Å². The van der Waals surface area contributed by atoms with E-state index in [-0.39, 0.29) is 5.69 Å². The van der Waals surface area contributed by atoms with Gasteiger partial charge in [-0.3, -0.25) is 9.59 Å². The standard InChI is InChI=1S/C9H11N3O4/c1-5(9(15)16)12(2)8(14)6-3-4-7(13)11-10-6/h3-5H,1-2H3,(H,11,13)(H,15,16). The van der Waals surface area contributed by atoms with E-state index in [2.05, 4.69) is 10.2 Å². The van der Waals surface area contributed by atoms with E-state index >= 15 is 0 Å². The molecule has 0 aromatic carbocycles. The number of hydrogen-bond donors (Lipinski definition) is 2. The maximum absolute atomic E-state index is 11.7. The Kier molecular flexibility index (Phi) is 3.39. The van der Waals surface area contributed by atoms with Gasteiger partial charge in [0.1, 0.15) is 11.7 Å². The van der Waals surface area contributed by atoms with E-state index < -0.39 is 23.5 Å². The third-order valence-electron chi connectivity index (χ3n) is 2.16. The van der Waals surface area contributed by atoms with E-state index in [4.69, 9.17) is 5.11 Å². The summed E-state index contributed by atoms with van der Waals surface area (Å²) >= 11 is 0. The molecule has 0 aliphatic rings. The van der Waals surface area contributed by atoms with E-state index in [0.29, 0.717) is 0 Å². The number of hydrogen-bond acceptors (Lipinski definition) is 4. The van der Waals surface area contributed by atoms with Crippen LogP contribution in [0.4, 0.5) is 0 Å². The minimum Gasteiger partial charge on any atom is -0.480 e. The zero-order valence-electron chi connectivity index (χ0n) is 8.80. The van der Waals surface area contributed by atoms with Gasteiger partial charge in [0.05, 0.1) is 0 Å². The smallest absolute Gasteiger partial charge is 0.326 e. The number of rotatable bonds is 3. The van der Waals surface area contributed by atoms with Crippen molar-refractivity contribution in [2.45, 2.75) is 13.0 Å². The first-order valence-corrected chi connectivity index (χ1v) is 4.49. The summed E-state index contributed by atoms with van der Waals surface area (Å²) in [4.78, 5) is 34.1. The predicted molar refractivity (Wildman–Crippen MR) is 54.0 cm³/mol. The summed E-state index contributed by atoms with van der Waals surface area (Å²) in [6, 6.07) is 1.44. The molecular formula is C9H11N3O4. The number of amides is 1. The molecule has 1 atom stereocenters. The zero-order chi connectivity index (χ0) is 12.3. The molecule has 1 rings (SSSR count). The number of likely N-dealkylation sites (N-methyl/N-ethyl adjacent to an activating group) is 1. The zero-order valence-corrected chi connectivity index (χ0v) is 8.80. The first kappa shape index (κ1) is 11.9. The lowest BCUT2D eigenvalue weighted by atomic mass is 10.2. The lowest BCUT2D eigenvalue weighted by Crippen LogP contribution is -2.40. The summed E-state index contributed by atoms with van der Waals surface area (Å²) in [5, 5.41) is 14.3. The number of carbonyl (C=O) groups excluding carboxylic acids is 1. The normalized spacial score (nSPS) is 11.9. The highest BCUT2D eigenvalue weighted by Gasteiger charge is 2.23. The molecule has 0 aliphatic carbocycles. The van der Waals surface area contributed by atoms with Gasteiger partial charge in [-0.1, -0.05) is 0 Å². The fourth-order valence-corrected chi connectivity index (χ4v) is 0.986. The van der Waals surface area contributed by atoms with Crippen molar-refractivity contribution in [3.8, 4) is 0 Å². The summed E-state index contributed by atoms with van der Waals surface area (Å²) in [7, 11) is 1.36. The molecule has 2 N–H and O–H groups in total. The number of H-pyrrole nitrogens is 1. The van der Waals surface area contributed by atoms with Crippen molar-refractivity contribution < 1.29 is 14.7 Å². The van der Waals surface area contributed by atoms with Gasteiger partial charge in [-0.05, 0) is 13.0 Å². The molecule has 0 bridgehead atoms. The van der Waals surface area contributed by atoms with Crippen molar-refractivity contribution in [1.82, 2.24) is 15.1 Å². The molecule has 0 spiro atoms. The maximum Gasteiger partial charge on any atom is 0.326 e. The SMILES string of the molecule is CC(C(=O)O)N(C)C(=O)c1ccc(=O)[nH]n1. The van der Waals surface area contributed by atoms with Crippen LogP contribution in [0.25, 0.3) is 0 Å². The van der Waals surface area contributed by atoms with Crippen LogP contribution in [0, 0.1) is 0 Å². The Balaban J connectivity index is 2.90. The van der Waals surface area contributed by atoms with Gasteiger partial charge in [-0.15, -0.1) is 0 Å². The Morgan fingerprint density at radius 2 is 2.12 bits per heavy atom. The van der Waals surface area contributed by atoms with Crippen molar-refractivity contribution >= 4 is 11.9 Å². The van der Waals surface area contributed by atoms with Crippen LogP contribution in [-0.2, 0) is 4.79 Å². The Morgan fingerprint density at radius 3 is 2.56 bits per heavy atom. The van der Waals surface area contributed by atoms with Gasteiger partial charge in [0.15, 0.2) is 0 Å². The second-order valence-electron chi connectivity index (χ2n) is 3.24. The van der Waals surface area contributed by atoms with E-state index in [1.165, 1.54) is 20.0 Å². The van der Waals surface area contributed by atoms with E-state index in [0.717, 1.165) is 11.0 Å². The van der Waals surface area contributed by atoms with Crippen molar-refractivity contribution in [3.05, 3.63) is 28.2 Å². The summed E-state index contributed by atoms with van der Waals surface area (Å²) in [5.41, 5.74) is -0.430. The summed E-state index contributed by atoms with van der Waals surface area (Å²) in [6.45, 7) is 1.38. The molecule has 0 saturated heterocycles. The average molecular weight is 225 g/mol. The van der Waals surface area contributed by atoms with Gasteiger partial charge in [-0.2, -0.15) is 5.10 Å². The Bertz CT molecular complexity index is 448. The van der Waals surface area contributed by atoms with Crippen LogP contribution in [-0.4, -0.2) is 45.2 Å². The number of nitrogens with one attached hydrogen (secondary N) is 1. The number of carboxylic acid groups (broad SMARTS) is 1. The van der Waals surface area contributed by atoms with Crippen LogP contribution in [0.15, 0.2) is 16.9 Å². The van der Waals surface area contributed by atoms with Crippen LogP contribution in [0.2, 0.25) is 0 Å². The molecule has 1 heterocycles. The number of aromatic amines is 1. The lowest BCUT2D eigenvalue weighted by molar-refractivity contribution is -0.141. The number of aromatic nitrogens is 2. The largest absolute Gasteiger partial charge is 0.480 e. The molecule has 0 radical (unpaired) electrons. The number of carbonyl (C=O) groups is 2. The monoisotopic (exact) mass is 225 g/mol. The Morgan fingerprint density at radius 1 is 1.50 bits per heavy atom. The predicted octanol–water partition coefficient (Wildman–Crippen LogP) is -0.685. The van der Waals surface area contributed by atoms with Crippen LogP contribution in [0.5, 0.6) is 0 Å². The highest BCUT2D eigenvalue weighted by molar-refractivity contribution is 5.94.